The predicted molar refractivity (Wildman–Crippen MR) is 131 cm³/mol. The number of carbonyl (C=O) groups is 2. The maximum Gasteiger partial charge on any atom is 0.242 e. The van der Waals surface area contributed by atoms with Gasteiger partial charge in [0.2, 0.25) is 11.8 Å². The van der Waals surface area contributed by atoms with Crippen LogP contribution >= 0.6 is 11.8 Å². The lowest BCUT2D eigenvalue weighted by molar-refractivity contribution is -0.143. The van der Waals surface area contributed by atoms with Crippen LogP contribution in [0.1, 0.15) is 13.8 Å². The van der Waals surface area contributed by atoms with Crippen LogP contribution in [0.4, 0.5) is 5.69 Å². The molecule has 8 heteroatoms. The van der Waals surface area contributed by atoms with E-state index in [2.05, 4.69) is 5.32 Å². The first kappa shape index (κ1) is 23.2. The van der Waals surface area contributed by atoms with E-state index in [0.29, 0.717) is 13.1 Å². The Labute approximate surface area is 198 Å². The Morgan fingerprint density at radius 1 is 1.09 bits per heavy atom. The predicted octanol–water partition coefficient (Wildman–Crippen LogP) is 4.02. The van der Waals surface area contributed by atoms with Gasteiger partial charge in [-0.15, -0.1) is 11.8 Å². The number of amides is 2. The van der Waals surface area contributed by atoms with Gasteiger partial charge in [-0.25, -0.2) is 0 Å². The maximum atomic E-state index is 13.0. The number of para-hydroxylation sites is 1. The van der Waals surface area contributed by atoms with Gasteiger partial charge in [0.1, 0.15) is 12.3 Å². The molecular formula is C25H29N3O4S. The molecule has 0 bridgehead atoms. The Morgan fingerprint density at radius 3 is 2.48 bits per heavy atom. The van der Waals surface area contributed by atoms with Crippen LogP contribution in [0.15, 0.2) is 59.6 Å². The minimum Gasteiger partial charge on any atom is -0.497 e. The molecule has 174 valence electrons. The Balaban J connectivity index is 1.43. The van der Waals surface area contributed by atoms with Crippen molar-refractivity contribution in [1.29, 1.82) is 0 Å². The first-order chi connectivity index (χ1) is 15.9. The number of morpholine rings is 1. The summed E-state index contributed by atoms with van der Waals surface area (Å²) in [4.78, 5) is 28.3. The van der Waals surface area contributed by atoms with E-state index in [1.165, 1.54) is 11.8 Å². The zero-order valence-electron chi connectivity index (χ0n) is 19.1. The molecule has 0 saturated carbocycles. The van der Waals surface area contributed by atoms with Crippen molar-refractivity contribution in [2.75, 3.05) is 31.3 Å². The SMILES string of the molecule is COc1ccc(NC(=O)CSc2cn(CC(=O)N3CC(C)OC(C)C3)c3ccccc23)cc1. The molecule has 1 saturated heterocycles. The highest BCUT2D eigenvalue weighted by Gasteiger charge is 2.26. The normalized spacial score (nSPS) is 18.3. The van der Waals surface area contributed by atoms with E-state index in [1.807, 2.05) is 78.0 Å². The van der Waals surface area contributed by atoms with Crippen LogP contribution in [-0.2, 0) is 20.9 Å². The number of hydrogen-bond donors (Lipinski definition) is 1. The molecule has 4 rings (SSSR count). The lowest BCUT2D eigenvalue weighted by Crippen LogP contribution is -2.49. The van der Waals surface area contributed by atoms with Crippen molar-refractivity contribution in [3.05, 3.63) is 54.7 Å². The molecule has 33 heavy (non-hydrogen) atoms. The smallest absolute Gasteiger partial charge is 0.242 e. The average molecular weight is 468 g/mol. The van der Waals surface area contributed by atoms with E-state index in [4.69, 9.17) is 9.47 Å². The lowest BCUT2D eigenvalue weighted by atomic mass is 10.2. The highest BCUT2D eigenvalue weighted by molar-refractivity contribution is 8.00. The number of nitrogens with one attached hydrogen (secondary N) is 1. The largest absolute Gasteiger partial charge is 0.497 e. The van der Waals surface area contributed by atoms with Gasteiger partial charge in [0.05, 0.1) is 25.1 Å². The van der Waals surface area contributed by atoms with E-state index in [1.54, 1.807) is 7.11 Å². The number of anilines is 1. The molecule has 7 nitrogen and oxygen atoms in total. The second-order valence-corrected chi connectivity index (χ2v) is 9.28. The summed E-state index contributed by atoms with van der Waals surface area (Å²) in [5, 5.41) is 3.95. The zero-order valence-corrected chi connectivity index (χ0v) is 19.9. The molecule has 1 fully saturated rings. The zero-order chi connectivity index (χ0) is 23.4. The molecule has 1 N–H and O–H groups in total. The van der Waals surface area contributed by atoms with Gasteiger partial charge in [0, 0.05) is 40.8 Å². The third-order valence-electron chi connectivity index (χ3n) is 5.56. The number of nitrogens with zero attached hydrogens (tertiary/aromatic N) is 2. The molecule has 2 atom stereocenters. The molecule has 0 radical (unpaired) electrons. The average Bonchev–Trinajstić information content (AvgIpc) is 3.15. The van der Waals surface area contributed by atoms with Crippen LogP contribution < -0.4 is 10.1 Å². The Morgan fingerprint density at radius 2 is 1.79 bits per heavy atom. The number of aromatic nitrogens is 1. The molecule has 1 aliphatic rings. The number of carbonyl (C=O) groups excluding carboxylic acids is 2. The second kappa shape index (κ2) is 10.3. The van der Waals surface area contributed by atoms with Gasteiger partial charge in [-0.3, -0.25) is 9.59 Å². The van der Waals surface area contributed by atoms with Crippen LogP contribution in [0.25, 0.3) is 10.9 Å². The molecule has 2 aromatic carbocycles. The van der Waals surface area contributed by atoms with Crippen molar-refractivity contribution in [3.63, 3.8) is 0 Å². The summed E-state index contributed by atoms with van der Waals surface area (Å²) in [6.07, 6.45) is 2.05. The highest BCUT2D eigenvalue weighted by Crippen LogP contribution is 2.30. The van der Waals surface area contributed by atoms with E-state index < -0.39 is 0 Å². The quantitative estimate of drug-likeness (QED) is 0.532. The van der Waals surface area contributed by atoms with Crippen LogP contribution in [0, 0.1) is 0 Å². The van der Waals surface area contributed by atoms with Gasteiger partial charge in [0.15, 0.2) is 0 Å². The molecule has 2 unspecified atom stereocenters. The van der Waals surface area contributed by atoms with E-state index in [0.717, 1.165) is 27.2 Å². The summed E-state index contributed by atoms with van der Waals surface area (Å²) in [6.45, 7) is 5.46. The Hall–Kier alpha value is -2.97. The van der Waals surface area contributed by atoms with Crippen molar-refractivity contribution in [2.45, 2.75) is 37.5 Å². The van der Waals surface area contributed by atoms with Gasteiger partial charge >= 0.3 is 0 Å². The van der Waals surface area contributed by atoms with Crippen LogP contribution in [0.3, 0.4) is 0 Å². The lowest BCUT2D eigenvalue weighted by Gasteiger charge is -2.35. The fourth-order valence-corrected chi connectivity index (χ4v) is 4.99. The molecule has 3 aromatic rings. The summed E-state index contributed by atoms with van der Waals surface area (Å²) >= 11 is 1.47. The van der Waals surface area contributed by atoms with Crippen molar-refractivity contribution >= 4 is 40.2 Å². The maximum absolute atomic E-state index is 13.0. The molecular weight excluding hydrogens is 438 g/mol. The van der Waals surface area contributed by atoms with E-state index in [9.17, 15) is 9.59 Å². The van der Waals surface area contributed by atoms with E-state index >= 15 is 0 Å². The first-order valence-corrected chi connectivity index (χ1v) is 12.0. The Kier molecular flexibility index (Phi) is 7.25. The third-order valence-corrected chi connectivity index (χ3v) is 6.61. The summed E-state index contributed by atoms with van der Waals surface area (Å²) < 4.78 is 12.9. The second-order valence-electron chi connectivity index (χ2n) is 8.26. The summed E-state index contributed by atoms with van der Waals surface area (Å²) in [5.41, 5.74) is 1.71. The van der Waals surface area contributed by atoms with Crippen LogP contribution in [0.2, 0.25) is 0 Å². The number of methoxy groups -OCH3 is 1. The third kappa shape index (κ3) is 5.69. The topological polar surface area (TPSA) is 72.8 Å². The van der Waals surface area contributed by atoms with Crippen LogP contribution in [0.5, 0.6) is 5.75 Å². The first-order valence-electron chi connectivity index (χ1n) is 11.0. The van der Waals surface area contributed by atoms with Crippen molar-refractivity contribution < 1.29 is 19.1 Å². The van der Waals surface area contributed by atoms with Crippen LogP contribution in [-0.4, -0.2) is 59.4 Å². The molecule has 2 amide bonds. The highest BCUT2D eigenvalue weighted by atomic mass is 32.2. The van der Waals surface area contributed by atoms with Gasteiger partial charge in [-0.05, 0) is 44.2 Å². The van der Waals surface area contributed by atoms with Gasteiger partial charge in [-0.2, -0.15) is 0 Å². The summed E-state index contributed by atoms with van der Waals surface area (Å²) in [7, 11) is 1.61. The minimum absolute atomic E-state index is 0.0365. The van der Waals surface area contributed by atoms with Gasteiger partial charge in [0.25, 0.3) is 0 Å². The summed E-state index contributed by atoms with van der Waals surface area (Å²) in [6, 6.07) is 15.2. The van der Waals surface area contributed by atoms with Crippen molar-refractivity contribution in [1.82, 2.24) is 9.47 Å². The molecule has 0 aliphatic carbocycles. The number of hydrogen-bond acceptors (Lipinski definition) is 5. The van der Waals surface area contributed by atoms with Crippen molar-refractivity contribution in [2.24, 2.45) is 0 Å². The molecule has 2 heterocycles. The molecule has 0 spiro atoms. The standard InChI is InChI=1S/C25H29N3O4S/c1-17-12-28(13-18(2)32-17)25(30)15-27-14-23(21-6-4-5-7-22(21)27)33-16-24(29)26-19-8-10-20(31-3)11-9-19/h4-11,14,17-18H,12-13,15-16H2,1-3H3,(H,26,29). The monoisotopic (exact) mass is 467 g/mol. The number of ether oxygens (including phenoxy) is 2. The Bertz CT molecular complexity index is 1120. The molecule has 1 aromatic heterocycles. The molecule has 1 aliphatic heterocycles. The van der Waals surface area contributed by atoms with Crippen molar-refractivity contribution in [3.8, 4) is 5.75 Å². The van der Waals surface area contributed by atoms with Gasteiger partial charge in [-0.1, -0.05) is 18.2 Å². The van der Waals surface area contributed by atoms with E-state index in [-0.39, 0.29) is 36.3 Å². The minimum atomic E-state index is -0.0885. The summed E-state index contributed by atoms with van der Waals surface area (Å²) in [5.74, 6) is 0.999. The number of rotatable bonds is 7. The number of fused-ring (bicyclic) bond motifs is 1. The number of thioether (sulfide) groups is 1. The fraction of sp³-hybridized carbons (Fsp3) is 0.360. The number of benzene rings is 2. The fourth-order valence-electron chi connectivity index (χ4n) is 4.10. The van der Waals surface area contributed by atoms with Gasteiger partial charge < -0.3 is 24.3 Å².